The van der Waals surface area contributed by atoms with Gasteiger partial charge in [-0.1, -0.05) is 42.5 Å². The summed E-state index contributed by atoms with van der Waals surface area (Å²) in [6.07, 6.45) is 1.55. The highest BCUT2D eigenvalue weighted by atomic mass is 16.3. The Labute approximate surface area is 202 Å². The van der Waals surface area contributed by atoms with Crippen LogP contribution in [0.1, 0.15) is 28.3 Å². The van der Waals surface area contributed by atoms with Crippen LogP contribution >= 0.6 is 0 Å². The summed E-state index contributed by atoms with van der Waals surface area (Å²) in [4.78, 5) is 25.3. The fraction of sp³-hybridized carbons (Fsp3) is 0.222. The molecule has 0 spiro atoms. The van der Waals surface area contributed by atoms with Crippen molar-refractivity contribution in [2.24, 2.45) is 7.05 Å². The fourth-order valence-corrected chi connectivity index (χ4v) is 4.71. The summed E-state index contributed by atoms with van der Waals surface area (Å²) in [6.45, 7) is 3.66. The number of anilines is 1. The number of carbonyl (C=O) groups is 1. The summed E-state index contributed by atoms with van der Waals surface area (Å²) in [5.41, 5.74) is 5.48. The number of fused-ring (bicyclic) bond motifs is 1. The molecule has 2 aromatic carbocycles. The van der Waals surface area contributed by atoms with E-state index in [0.29, 0.717) is 23.5 Å². The van der Waals surface area contributed by atoms with Crippen molar-refractivity contribution in [1.82, 2.24) is 19.7 Å². The second-order valence-corrected chi connectivity index (χ2v) is 8.94. The molecule has 2 unspecified atom stereocenters. The molecule has 2 amide bonds. The van der Waals surface area contributed by atoms with Crippen LogP contribution in [0.2, 0.25) is 0 Å². The highest BCUT2D eigenvalue weighted by Gasteiger charge is 2.32. The number of nitrogens with one attached hydrogen (secondary N) is 2. The van der Waals surface area contributed by atoms with Crippen molar-refractivity contribution in [3.63, 3.8) is 0 Å². The maximum atomic E-state index is 13.1. The minimum absolute atomic E-state index is 0.0676. The Bertz CT molecular complexity index is 1450. The maximum Gasteiger partial charge on any atom is 0.320 e. The monoisotopic (exact) mass is 469 g/mol. The normalized spacial score (nSPS) is 16.7. The first kappa shape index (κ1) is 22.6. The van der Waals surface area contributed by atoms with Gasteiger partial charge in [0.1, 0.15) is 5.82 Å². The van der Waals surface area contributed by atoms with Crippen LogP contribution in [0.3, 0.4) is 0 Å². The van der Waals surface area contributed by atoms with Crippen LogP contribution in [0.5, 0.6) is 0 Å². The number of hydrogen-bond donors (Lipinski definition) is 3. The Balaban J connectivity index is 1.52. The zero-order valence-corrected chi connectivity index (χ0v) is 19.8. The van der Waals surface area contributed by atoms with E-state index in [0.717, 1.165) is 27.9 Å². The van der Waals surface area contributed by atoms with Crippen molar-refractivity contribution < 1.29 is 9.90 Å². The zero-order valence-electron chi connectivity index (χ0n) is 19.8. The van der Waals surface area contributed by atoms with Gasteiger partial charge in [0.2, 0.25) is 0 Å². The average molecular weight is 470 g/mol. The van der Waals surface area contributed by atoms with E-state index >= 15 is 0 Å². The molecular formula is C27H27N5O3. The lowest BCUT2D eigenvalue weighted by atomic mass is 10.1. The van der Waals surface area contributed by atoms with Gasteiger partial charge in [0, 0.05) is 36.4 Å². The molecule has 2 aromatic heterocycles. The largest absolute Gasteiger partial charge is 0.390 e. The highest BCUT2D eigenvalue weighted by molar-refractivity contribution is 5.91. The van der Waals surface area contributed by atoms with Crippen molar-refractivity contribution in [2.75, 3.05) is 5.32 Å². The van der Waals surface area contributed by atoms with E-state index in [1.54, 1.807) is 24.9 Å². The third-order valence-electron chi connectivity index (χ3n) is 6.48. The predicted octanol–water partition coefficient (Wildman–Crippen LogP) is 3.63. The van der Waals surface area contributed by atoms with E-state index in [4.69, 9.17) is 5.10 Å². The molecule has 0 bridgehead atoms. The highest BCUT2D eigenvalue weighted by Crippen LogP contribution is 2.33. The van der Waals surface area contributed by atoms with Gasteiger partial charge in [0.25, 0.3) is 5.56 Å². The molecule has 35 heavy (non-hydrogen) atoms. The minimum atomic E-state index is -0.692. The molecule has 0 saturated carbocycles. The number of hydrogen-bond acceptors (Lipinski definition) is 4. The SMILES string of the molecule is Cc1c(-c2cc(C)c(=O)n(C)c2)nn(-c2ccccc2)c1NC(=O)NC1c2ccccc2CC1O. The van der Waals surface area contributed by atoms with Crippen LogP contribution in [0, 0.1) is 13.8 Å². The molecule has 0 radical (unpaired) electrons. The van der Waals surface area contributed by atoms with E-state index < -0.39 is 18.2 Å². The summed E-state index contributed by atoms with van der Waals surface area (Å²) >= 11 is 0. The lowest BCUT2D eigenvalue weighted by Crippen LogP contribution is -2.37. The molecule has 1 aliphatic carbocycles. The van der Waals surface area contributed by atoms with Gasteiger partial charge < -0.3 is 15.0 Å². The molecule has 178 valence electrons. The molecule has 3 N–H and O–H groups in total. The van der Waals surface area contributed by atoms with Gasteiger partial charge in [-0.05, 0) is 43.2 Å². The predicted molar refractivity (Wildman–Crippen MR) is 135 cm³/mol. The van der Waals surface area contributed by atoms with E-state index in [9.17, 15) is 14.7 Å². The van der Waals surface area contributed by atoms with Crippen LogP contribution in [0.15, 0.2) is 71.7 Å². The molecule has 8 nitrogen and oxygen atoms in total. The Morgan fingerprint density at radius 2 is 1.80 bits per heavy atom. The van der Waals surface area contributed by atoms with Gasteiger partial charge in [-0.15, -0.1) is 0 Å². The number of pyridine rings is 1. The number of benzene rings is 2. The Kier molecular flexibility index (Phi) is 5.74. The Morgan fingerprint density at radius 3 is 2.54 bits per heavy atom. The number of aryl methyl sites for hydroxylation is 2. The van der Waals surface area contributed by atoms with Crippen molar-refractivity contribution >= 4 is 11.8 Å². The second kappa shape index (κ2) is 8.88. The summed E-state index contributed by atoms with van der Waals surface area (Å²) in [5.74, 6) is 0.510. The average Bonchev–Trinajstić information content (AvgIpc) is 3.34. The molecule has 5 rings (SSSR count). The minimum Gasteiger partial charge on any atom is -0.390 e. The summed E-state index contributed by atoms with van der Waals surface area (Å²) < 4.78 is 3.22. The van der Waals surface area contributed by atoms with Gasteiger partial charge in [0.15, 0.2) is 0 Å². The van der Waals surface area contributed by atoms with Crippen LogP contribution < -0.4 is 16.2 Å². The van der Waals surface area contributed by atoms with Gasteiger partial charge >= 0.3 is 6.03 Å². The third-order valence-corrected chi connectivity index (χ3v) is 6.48. The number of nitrogens with zero attached hydrogens (tertiary/aromatic N) is 3. The molecule has 2 heterocycles. The van der Waals surface area contributed by atoms with Gasteiger partial charge in [0.05, 0.1) is 23.5 Å². The second-order valence-electron chi connectivity index (χ2n) is 8.94. The Morgan fingerprint density at radius 1 is 1.09 bits per heavy atom. The number of aliphatic hydroxyl groups excluding tert-OH is 1. The maximum absolute atomic E-state index is 13.1. The van der Waals surface area contributed by atoms with Crippen LogP contribution in [-0.2, 0) is 13.5 Å². The van der Waals surface area contributed by atoms with Crippen LogP contribution in [0.25, 0.3) is 16.9 Å². The van der Waals surface area contributed by atoms with E-state index in [1.165, 1.54) is 4.57 Å². The van der Waals surface area contributed by atoms with Gasteiger partial charge in [-0.3, -0.25) is 10.1 Å². The number of rotatable bonds is 4. The van der Waals surface area contributed by atoms with Crippen LogP contribution in [-0.4, -0.2) is 31.6 Å². The van der Waals surface area contributed by atoms with Gasteiger partial charge in [-0.2, -0.15) is 5.10 Å². The van der Waals surface area contributed by atoms with Gasteiger partial charge in [-0.25, -0.2) is 9.48 Å². The number of aromatic nitrogens is 3. The Hall–Kier alpha value is -4.17. The van der Waals surface area contributed by atoms with Crippen molar-refractivity contribution in [3.8, 4) is 16.9 Å². The molecular weight excluding hydrogens is 442 g/mol. The first-order valence-electron chi connectivity index (χ1n) is 11.5. The number of amides is 2. The summed E-state index contributed by atoms with van der Waals surface area (Å²) in [7, 11) is 1.71. The lowest BCUT2D eigenvalue weighted by molar-refractivity contribution is 0.144. The molecule has 2 atom stereocenters. The third kappa shape index (κ3) is 4.13. The van der Waals surface area contributed by atoms with E-state index in [-0.39, 0.29) is 5.56 Å². The number of para-hydroxylation sites is 1. The fourth-order valence-electron chi connectivity index (χ4n) is 4.71. The number of carbonyl (C=O) groups excluding carboxylic acids is 1. The summed E-state index contributed by atoms with van der Waals surface area (Å²) in [6, 6.07) is 18.1. The zero-order chi connectivity index (χ0) is 24.7. The smallest absolute Gasteiger partial charge is 0.320 e. The standard InChI is InChI=1S/C27H27N5O3/c1-16-13-19(15-31(3)26(16)34)23-17(2)25(32(30-23)20-10-5-4-6-11-20)29-27(35)28-24-21-12-8-7-9-18(21)14-22(24)33/h4-13,15,22,24,33H,14H2,1-3H3,(H2,28,29,35). The van der Waals surface area contributed by atoms with Crippen molar-refractivity contribution in [3.05, 3.63) is 99.5 Å². The summed E-state index contributed by atoms with van der Waals surface area (Å²) in [5, 5.41) is 21.2. The quantitative estimate of drug-likeness (QED) is 0.425. The van der Waals surface area contributed by atoms with E-state index in [1.807, 2.05) is 67.6 Å². The molecule has 0 saturated heterocycles. The lowest BCUT2D eigenvalue weighted by Gasteiger charge is -2.19. The number of aliphatic hydroxyl groups is 1. The van der Waals surface area contributed by atoms with Crippen molar-refractivity contribution in [1.29, 1.82) is 0 Å². The van der Waals surface area contributed by atoms with E-state index in [2.05, 4.69) is 10.6 Å². The first-order valence-corrected chi connectivity index (χ1v) is 11.5. The van der Waals surface area contributed by atoms with Crippen LogP contribution in [0.4, 0.5) is 10.6 Å². The topological polar surface area (TPSA) is 101 Å². The van der Waals surface area contributed by atoms with Crippen molar-refractivity contribution in [2.45, 2.75) is 32.4 Å². The number of urea groups is 1. The molecule has 0 fully saturated rings. The molecule has 8 heteroatoms. The first-order chi connectivity index (χ1) is 16.8. The molecule has 0 aliphatic heterocycles. The molecule has 4 aromatic rings. The molecule has 1 aliphatic rings.